The number of carbonyl (C=O) groups excluding carboxylic acids is 1. The van der Waals surface area contributed by atoms with Crippen LogP contribution in [0.2, 0.25) is 10.0 Å². The lowest BCUT2D eigenvalue weighted by Crippen LogP contribution is -2.53. The van der Waals surface area contributed by atoms with E-state index in [-0.39, 0.29) is 24.1 Å². The number of piperidine rings is 1. The summed E-state index contributed by atoms with van der Waals surface area (Å²) in [5, 5.41) is 12.1. The van der Waals surface area contributed by atoms with Crippen molar-refractivity contribution < 1.29 is 9.90 Å². The Morgan fingerprint density at radius 2 is 1.71 bits per heavy atom. The average molecular weight is 503 g/mol. The van der Waals surface area contributed by atoms with Gasteiger partial charge in [-0.15, -0.1) is 6.58 Å². The van der Waals surface area contributed by atoms with Crippen molar-refractivity contribution in [3.05, 3.63) is 82.9 Å². The van der Waals surface area contributed by atoms with Crippen molar-refractivity contribution in [3.8, 4) is 0 Å². The zero-order chi connectivity index (χ0) is 24.7. The maximum atomic E-state index is 13.6. The van der Waals surface area contributed by atoms with Crippen molar-refractivity contribution in [2.45, 2.75) is 77.0 Å². The summed E-state index contributed by atoms with van der Waals surface area (Å²) in [5.41, 5.74) is 0.732. The van der Waals surface area contributed by atoms with Crippen molar-refractivity contribution >= 4 is 29.1 Å². The first-order chi connectivity index (χ1) is 16.3. The van der Waals surface area contributed by atoms with Crippen molar-refractivity contribution in [1.29, 1.82) is 0 Å². The van der Waals surface area contributed by atoms with Crippen LogP contribution >= 0.6 is 23.2 Å². The van der Waals surface area contributed by atoms with Crippen LogP contribution in [0.25, 0.3) is 0 Å². The fraction of sp³-hybridized carbons (Fsp3) is 0.483. The number of nitrogens with zero attached hydrogens (tertiary/aromatic N) is 1. The summed E-state index contributed by atoms with van der Waals surface area (Å²) >= 11 is 11.6. The summed E-state index contributed by atoms with van der Waals surface area (Å²) in [5.74, 6) is 0.621. The maximum absolute atomic E-state index is 13.6. The molecule has 184 valence electrons. The first-order valence-electron chi connectivity index (χ1n) is 12.4. The van der Waals surface area contributed by atoms with Gasteiger partial charge < -0.3 is 10.0 Å². The molecule has 1 N–H and O–H groups in total. The number of hydrogen-bond donors (Lipinski definition) is 1. The Morgan fingerprint density at radius 3 is 2.21 bits per heavy atom. The molecule has 1 amide bonds. The van der Waals surface area contributed by atoms with Gasteiger partial charge in [0, 0.05) is 16.1 Å². The van der Waals surface area contributed by atoms with Gasteiger partial charge in [-0.1, -0.05) is 73.5 Å². The van der Waals surface area contributed by atoms with E-state index in [1.54, 1.807) is 0 Å². The highest BCUT2D eigenvalue weighted by Crippen LogP contribution is 2.45. The highest BCUT2D eigenvalue weighted by Gasteiger charge is 2.46. The summed E-state index contributed by atoms with van der Waals surface area (Å²) < 4.78 is 0. The lowest BCUT2D eigenvalue weighted by atomic mass is 9.74. The smallest absolute Gasteiger partial charge is 0.229 e. The monoisotopic (exact) mass is 501 g/mol. The lowest BCUT2D eigenvalue weighted by molar-refractivity contribution is -0.154. The van der Waals surface area contributed by atoms with Crippen LogP contribution in [0.4, 0.5) is 0 Å². The molecule has 4 atom stereocenters. The minimum atomic E-state index is -0.400. The molecule has 2 aromatic carbocycles. The van der Waals surface area contributed by atoms with E-state index >= 15 is 0 Å². The number of hydrogen-bond acceptors (Lipinski definition) is 2. The van der Waals surface area contributed by atoms with E-state index in [2.05, 4.69) is 25.3 Å². The van der Waals surface area contributed by atoms with Gasteiger partial charge in [0.05, 0.1) is 17.6 Å². The average Bonchev–Trinajstić information content (AvgIpc) is 3.67. The van der Waals surface area contributed by atoms with Crippen LogP contribution in [0, 0.1) is 11.3 Å². The number of benzene rings is 2. The number of carbonyl (C=O) groups is 1. The molecule has 2 aromatic rings. The van der Waals surface area contributed by atoms with Crippen LogP contribution in [-0.4, -0.2) is 28.1 Å². The molecule has 34 heavy (non-hydrogen) atoms. The van der Waals surface area contributed by atoms with E-state index in [0.29, 0.717) is 23.8 Å². The molecule has 1 heterocycles. The van der Waals surface area contributed by atoms with E-state index in [0.717, 1.165) is 42.7 Å². The molecule has 1 saturated heterocycles. The fourth-order valence-electron chi connectivity index (χ4n) is 4.94. The minimum absolute atomic E-state index is 0.0454. The third-order valence-electron chi connectivity index (χ3n) is 7.18. The molecule has 0 spiro atoms. The predicted molar refractivity (Wildman–Crippen MR) is 142 cm³/mol. The summed E-state index contributed by atoms with van der Waals surface area (Å²) in [4.78, 5) is 15.7. The molecular formula is C29H37Cl2NO2. The van der Waals surface area contributed by atoms with Gasteiger partial charge in [0.25, 0.3) is 0 Å². The molecule has 0 bridgehead atoms. The Kier molecular flexibility index (Phi) is 9.65. The van der Waals surface area contributed by atoms with E-state index < -0.39 is 5.41 Å². The number of amides is 1. The molecule has 3 unspecified atom stereocenters. The number of aliphatic hydroxyl groups excluding tert-OH is 1. The molecule has 5 heteroatoms. The molecule has 1 aliphatic carbocycles. The van der Waals surface area contributed by atoms with Gasteiger partial charge in [0.2, 0.25) is 5.91 Å². The zero-order valence-electron chi connectivity index (χ0n) is 20.3. The molecular weight excluding hydrogens is 465 g/mol. The van der Waals surface area contributed by atoms with E-state index in [1.807, 2.05) is 60.7 Å². The number of rotatable bonds is 8. The lowest BCUT2D eigenvalue weighted by Gasteiger charge is -2.48. The normalized spacial score (nSPS) is 24.1. The van der Waals surface area contributed by atoms with E-state index in [1.165, 1.54) is 0 Å². The Balaban J connectivity index is 0.000000396. The zero-order valence-corrected chi connectivity index (χ0v) is 21.8. The van der Waals surface area contributed by atoms with Crippen LogP contribution in [-0.2, 0) is 4.79 Å². The predicted octanol–water partition coefficient (Wildman–Crippen LogP) is 7.87. The topological polar surface area (TPSA) is 40.5 Å². The van der Waals surface area contributed by atoms with Crippen molar-refractivity contribution in [1.82, 2.24) is 4.90 Å². The molecule has 0 aromatic heterocycles. The van der Waals surface area contributed by atoms with Crippen LogP contribution in [0.15, 0.2) is 67.3 Å². The van der Waals surface area contributed by atoms with Gasteiger partial charge in [0.15, 0.2) is 0 Å². The van der Waals surface area contributed by atoms with Crippen molar-refractivity contribution in [2.24, 2.45) is 11.3 Å². The quantitative estimate of drug-likeness (QED) is 0.373. The fourth-order valence-corrected chi connectivity index (χ4v) is 5.21. The summed E-state index contributed by atoms with van der Waals surface area (Å²) in [6.07, 6.45) is 7.76. The molecule has 1 saturated carbocycles. The summed E-state index contributed by atoms with van der Waals surface area (Å²) in [7, 11) is 0. The third kappa shape index (κ3) is 6.87. The third-order valence-corrected chi connectivity index (χ3v) is 7.69. The van der Waals surface area contributed by atoms with Gasteiger partial charge in [0.1, 0.15) is 0 Å². The Hall–Kier alpha value is -1.81. The Labute approximate surface area is 214 Å². The second-order valence-corrected chi connectivity index (χ2v) is 10.7. The highest BCUT2D eigenvalue weighted by molar-refractivity contribution is 6.30. The second kappa shape index (κ2) is 12.2. The first kappa shape index (κ1) is 26.8. The van der Waals surface area contributed by atoms with Crippen LogP contribution in [0.5, 0.6) is 0 Å². The Morgan fingerprint density at radius 1 is 1.09 bits per heavy atom. The number of aliphatic hydroxyl groups is 1. The Bertz CT molecular complexity index is 929. The molecule has 4 rings (SSSR count). The largest absolute Gasteiger partial charge is 0.393 e. The van der Waals surface area contributed by atoms with Crippen LogP contribution in [0.1, 0.15) is 70.4 Å². The van der Waals surface area contributed by atoms with Crippen LogP contribution < -0.4 is 0 Å². The molecule has 2 fully saturated rings. The standard InChI is InChI=1S/C23H32ClNO2.C6H5Cl/c1-4-13-23(3)14-12-20(16-8-10-18(24)11-9-16)25(22(23)27)19(5-2)15-21(26)17-6-7-17;7-6-4-2-1-3-5-6/h4,8-11,17,19-21,26H,1,5-7,12-15H2,2-3H3;1-5H/t19?,20?,21?,23-;/m0./s1. The van der Waals surface area contributed by atoms with E-state index in [9.17, 15) is 9.90 Å². The highest BCUT2D eigenvalue weighted by atomic mass is 35.5. The molecule has 3 nitrogen and oxygen atoms in total. The summed E-state index contributed by atoms with van der Waals surface area (Å²) in [6.45, 7) is 8.05. The van der Waals surface area contributed by atoms with Crippen molar-refractivity contribution in [2.75, 3.05) is 0 Å². The summed E-state index contributed by atoms with van der Waals surface area (Å²) in [6, 6.07) is 17.4. The van der Waals surface area contributed by atoms with Gasteiger partial charge in [-0.25, -0.2) is 0 Å². The van der Waals surface area contributed by atoms with E-state index in [4.69, 9.17) is 23.2 Å². The minimum Gasteiger partial charge on any atom is -0.393 e. The second-order valence-electron chi connectivity index (χ2n) is 9.87. The number of halogens is 2. The SMILES string of the molecule is C=CC[C@@]1(C)CCC(c2ccc(Cl)cc2)N(C(CC)CC(O)C2CC2)C1=O.Clc1ccccc1. The van der Waals surface area contributed by atoms with Gasteiger partial charge in [-0.2, -0.15) is 0 Å². The first-order valence-corrected chi connectivity index (χ1v) is 13.1. The van der Waals surface area contributed by atoms with Crippen LogP contribution in [0.3, 0.4) is 0 Å². The molecule has 1 aliphatic heterocycles. The maximum Gasteiger partial charge on any atom is 0.229 e. The van der Waals surface area contributed by atoms with Crippen molar-refractivity contribution in [3.63, 3.8) is 0 Å². The van der Waals surface area contributed by atoms with Gasteiger partial charge in [-0.05, 0) is 80.7 Å². The molecule has 0 radical (unpaired) electrons. The van der Waals surface area contributed by atoms with Gasteiger partial charge in [-0.3, -0.25) is 4.79 Å². The molecule has 2 aliphatic rings. The van der Waals surface area contributed by atoms with Gasteiger partial charge >= 0.3 is 0 Å². The number of likely N-dealkylation sites (tertiary alicyclic amines) is 1. The number of allylic oxidation sites excluding steroid dienone is 1.